The van der Waals surface area contributed by atoms with Gasteiger partial charge in [-0.15, -0.1) is 0 Å². The van der Waals surface area contributed by atoms with Crippen molar-refractivity contribution in [1.82, 2.24) is 0 Å². The van der Waals surface area contributed by atoms with Crippen LogP contribution >= 0.6 is 0 Å². The highest BCUT2D eigenvalue weighted by atomic mass is 16.6. The molecule has 1 aromatic rings. The van der Waals surface area contributed by atoms with E-state index in [0.29, 0.717) is 70.7 Å². The molecule has 0 saturated carbocycles. The van der Waals surface area contributed by atoms with Gasteiger partial charge >= 0.3 is 5.97 Å². The number of anilines is 1. The summed E-state index contributed by atoms with van der Waals surface area (Å²) in [6.07, 6.45) is 17.4. The second kappa shape index (κ2) is 25.8. The minimum atomic E-state index is -0.126. The van der Waals surface area contributed by atoms with Crippen LogP contribution in [0.5, 0.6) is 5.75 Å². The Balaban J connectivity index is 1.72. The Bertz CT molecular complexity index is 642. The van der Waals surface area contributed by atoms with Crippen LogP contribution in [-0.2, 0) is 23.7 Å². The zero-order chi connectivity index (χ0) is 26.7. The second-order valence-electron chi connectivity index (χ2n) is 9.44. The Morgan fingerprint density at radius 2 is 1.08 bits per heavy atom. The van der Waals surface area contributed by atoms with E-state index in [1.165, 1.54) is 70.6 Å². The maximum Gasteiger partial charge on any atom is 0.305 e. The van der Waals surface area contributed by atoms with Gasteiger partial charge in [-0.05, 0) is 18.6 Å². The van der Waals surface area contributed by atoms with Crippen molar-refractivity contribution in [2.75, 3.05) is 58.6 Å². The van der Waals surface area contributed by atoms with E-state index in [-0.39, 0.29) is 5.97 Å². The molecule has 0 spiro atoms. The summed E-state index contributed by atoms with van der Waals surface area (Å²) in [7, 11) is 0. The third-order valence-electron chi connectivity index (χ3n) is 6.12. The molecule has 0 heterocycles. The number of hydrogen-bond donors (Lipinski definition) is 1. The minimum absolute atomic E-state index is 0.126. The zero-order valence-corrected chi connectivity index (χ0v) is 23.4. The molecule has 0 atom stereocenters. The second-order valence-corrected chi connectivity index (χ2v) is 9.44. The average Bonchev–Trinajstić information content (AvgIpc) is 2.90. The first-order valence-electron chi connectivity index (χ1n) is 14.6. The van der Waals surface area contributed by atoms with Crippen LogP contribution < -0.4 is 10.5 Å². The number of nitrogens with two attached hydrogens (primary N) is 1. The van der Waals surface area contributed by atoms with Gasteiger partial charge in [-0.1, -0.05) is 96.1 Å². The molecular weight excluding hydrogens is 470 g/mol. The van der Waals surface area contributed by atoms with Gasteiger partial charge in [0.05, 0.1) is 45.3 Å². The summed E-state index contributed by atoms with van der Waals surface area (Å²) in [5.74, 6) is 0.545. The van der Waals surface area contributed by atoms with Gasteiger partial charge in [0.25, 0.3) is 0 Å². The van der Waals surface area contributed by atoms with Crippen LogP contribution in [0.3, 0.4) is 0 Å². The number of carbonyl (C=O) groups is 1. The number of nitrogen functional groups attached to an aromatic ring is 1. The summed E-state index contributed by atoms with van der Waals surface area (Å²) in [5.41, 5.74) is 6.43. The van der Waals surface area contributed by atoms with Crippen molar-refractivity contribution < 1.29 is 28.5 Å². The van der Waals surface area contributed by atoms with E-state index in [0.717, 1.165) is 12.8 Å². The number of hydrogen-bond acceptors (Lipinski definition) is 7. The molecule has 7 heteroatoms. The van der Waals surface area contributed by atoms with E-state index in [1.54, 1.807) is 6.07 Å². The molecule has 0 fully saturated rings. The molecule has 214 valence electrons. The average molecular weight is 524 g/mol. The number of ether oxygens (including phenoxy) is 5. The van der Waals surface area contributed by atoms with Crippen molar-refractivity contribution >= 4 is 11.7 Å². The number of carbonyl (C=O) groups excluding carboxylic acids is 1. The molecule has 0 aliphatic heterocycles. The van der Waals surface area contributed by atoms with Gasteiger partial charge in [-0.3, -0.25) is 4.79 Å². The maximum absolute atomic E-state index is 11.8. The number of para-hydroxylation sites is 2. The van der Waals surface area contributed by atoms with E-state index in [2.05, 4.69) is 6.92 Å². The highest BCUT2D eigenvalue weighted by molar-refractivity contribution is 5.69. The third kappa shape index (κ3) is 21.9. The van der Waals surface area contributed by atoms with E-state index < -0.39 is 0 Å². The first kappa shape index (κ1) is 33.2. The molecule has 0 unspecified atom stereocenters. The molecule has 0 aromatic heterocycles. The SMILES string of the molecule is CCCCCCCCCCCCCCCC(=O)OCCOCCOCCOCCOc1ccccc1N. The summed E-state index contributed by atoms with van der Waals surface area (Å²) in [6, 6.07) is 7.39. The Labute approximate surface area is 225 Å². The van der Waals surface area contributed by atoms with Crippen LogP contribution in [0, 0.1) is 0 Å². The fraction of sp³-hybridized carbons (Fsp3) is 0.767. The predicted octanol–water partition coefficient (Wildman–Crippen LogP) is 6.72. The standard InChI is InChI=1S/C30H53NO6/c1-2-3-4-5-6-7-8-9-10-11-12-13-14-19-30(32)37-27-25-35-23-21-33-20-22-34-24-26-36-29-18-16-15-17-28(29)31/h15-18H,2-14,19-27,31H2,1H3. The van der Waals surface area contributed by atoms with Crippen LogP contribution in [0.4, 0.5) is 5.69 Å². The largest absolute Gasteiger partial charge is 0.489 e. The quantitative estimate of drug-likeness (QED) is 0.0777. The number of esters is 1. The summed E-state index contributed by atoms with van der Waals surface area (Å²) in [6.45, 7) is 5.79. The Kier molecular flexibility index (Phi) is 23.2. The summed E-state index contributed by atoms with van der Waals surface area (Å²) in [4.78, 5) is 11.8. The van der Waals surface area contributed by atoms with E-state index in [1.807, 2.05) is 18.2 Å². The van der Waals surface area contributed by atoms with Crippen LogP contribution in [0.2, 0.25) is 0 Å². The molecule has 2 N–H and O–H groups in total. The van der Waals surface area contributed by atoms with Gasteiger partial charge in [0.2, 0.25) is 0 Å². The lowest BCUT2D eigenvalue weighted by Crippen LogP contribution is -2.15. The molecule has 1 aromatic carbocycles. The molecule has 0 amide bonds. The molecule has 7 nitrogen and oxygen atoms in total. The molecule has 37 heavy (non-hydrogen) atoms. The van der Waals surface area contributed by atoms with Gasteiger partial charge in [0, 0.05) is 6.42 Å². The number of benzene rings is 1. The first-order chi connectivity index (χ1) is 18.2. The fourth-order valence-electron chi connectivity index (χ4n) is 3.94. The Morgan fingerprint density at radius 3 is 1.62 bits per heavy atom. The van der Waals surface area contributed by atoms with Gasteiger partial charge in [0.15, 0.2) is 0 Å². The normalized spacial score (nSPS) is 11.1. The molecule has 0 radical (unpaired) electrons. The number of rotatable bonds is 27. The van der Waals surface area contributed by atoms with Crippen LogP contribution in [0.15, 0.2) is 24.3 Å². The van der Waals surface area contributed by atoms with Crippen LogP contribution in [0.25, 0.3) is 0 Å². The molecule has 0 saturated heterocycles. The number of unbranched alkanes of at least 4 members (excludes halogenated alkanes) is 12. The van der Waals surface area contributed by atoms with Crippen molar-refractivity contribution in [3.8, 4) is 5.75 Å². The lowest BCUT2D eigenvalue weighted by Gasteiger charge is -2.09. The highest BCUT2D eigenvalue weighted by Crippen LogP contribution is 2.19. The van der Waals surface area contributed by atoms with Gasteiger partial charge < -0.3 is 29.4 Å². The third-order valence-corrected chi connectivity index (χ3v) is 6.12. The monoisotopic (exact) mass is 523 g/mol. The van der Waals surface area contributed by atoms with E-state index in [4.69, 9.17) is 29.4 Å². The van der Waals surface area contributed by atoms with Gasteiger partial charge in [-0.2, -0.15) is 0 Å². The van der Waals surface area contributed by atoms with Crippen LogP contribution in [0.1, 0.15) is 96.8 Å². The van der Waals surface area contributed by atoms with Crippen molar-refractivity contribution in [3.05, 3.63) is 24.3 Å². The zero-order valence-electron chi connectivity index (χ0n) is 23.4. The maximum atomic E-state index is 11.8. The molecule has 1 rings (SSSR count). The van der Waals surface area contributed by atoms with E-state index in [9.17, 15) is 4.79 Å². The predicted molar refractivity (Wildman–Crippen MR) is 150 cm³/mol. The fourth-order valence-corrected chi connectivity index (χ4v) is 3.94. The highest BCUT2D eigenvalue weighted by Gasteiger charge is 2.03. The summed E-state index contributed by atoms with van der Waals surface area (Å²) in [5, 5.41) is 0. The molecule has 0 aliphatic carbocycles. The van der Waals surface area contributed by atoms with Gasteiger partial charge in [0.1, 0.15) is 19.0 Å². The lowest BCUT2D eigenvalue weighted by atomic mass is 10.0. The topological polar surface area (TPSA) is 89.2 Å². The van der Waals surface area contributed by atoms with Crippen molar-refractivity contribution in [3.63, 3.8) is 0 Å². The summed E-state index contributed by atoms with van der Waals surface area (Å²) < 4.78 is 27.1. The smallest absolute Gasteiger partial charge is 0.305 e. The molecule has 0 bridgehead atoms. The minimum Gasteiger partial charge on any atom is -0.489 e. The van der Waals surface area contributed by atoms with Crippen molar-refractivity contribution in [2.45, 2.75) is 96.8 Å². The Hall–Kier alpha value is -1.83. The Morgan fingerprint density at radius 1 is 0.622 bits per heavy atom. The molecule has 0 aliphatic rings. The van der Waals surface area contributed by atoms with Crippen molar-refractivity contribution in [1.29, 1.82) is 0 Å². The molecular formula is C30H53NO6. The first-order valence-corrected chi connectivity index (χ1v) is 14.6. The van der Waals surface area contributed by atoms with Crippen molar-refractivity contribution in [2.24, 2.45) is 0 Å². The van der Waals surface area contributed by atoms with Crippen LogP contribution in [-0.4, -0.2) is 58.8 Å². The van der Waals surface area contributed by atoms with E-state index >= 15 is 0 Å². The van der Waals surface area contributed by atoms with Gasteiger partial charge in [-0.25, -0.2) is 0 Å². The summed E-state index contributed by atoms with van der Waals surface area (Å²) >= 11 is 0. The lowest BCUT2D eigenvalue weighted by molar-refractivity contribution is -0.145.